The van der Waals surface area contributed by atoms with Crippen molar-refractivity contribution in [2.45, 2.75) is 6.17 Å². The van der Waals surface area contributed by atoms with Crippen LogP contribution in [0.5, 0.6) is 0 Å². The van der Waals surface area contributed by atoms with Crippen LogP contribution in [0.2, 0.25) is 0 Å². The van der Waals surface area contributed by atoms with Crippen LogP contribution in [0.15, 0.2) is 0 Å². The summed E-state index contributed by atoms with van der Waals surface area (Å²) in [5.74, 6) is 0. The molecule has 0 rings (SSSR count). The highest BCUT2D eigenvalue weighted by Crippen LogP contribution is 1.77. The molecule has 0 fully saturated rings. The summed E-state index contributed by atoms with van der Waals surface area (Å²) in [6, 6.07) is 0. The number of aliphatic hydroxyl groups is 1. The van der Waals surface area contributed by atoms with Gasteiger partial charge in [0.25, 0.3) is 0 Å². The highest BCUT2D eigenvalue weighted by molar-refractivity contribution is 4.51. The zero-order valence-corrected chi connectivity index (χ0v) is 7.26. The van der Waals surface area contributed by atoms with Crippen LogP contribution in [0.3, 0.4) is 0 Å². The van der Waals surface area contributed by atoms with E-state index in [2.05, 4.69) is 5.32 Å². The average molecular weight is 149 g/mol. The van der Waals surface area contributed by atoms with E-state index in [4.69, 9.17) is 10.8 Å². The summed E-state index contributed by atoms with van der Waals surface area (Å²) >= 11 is 0. The van der Waals surface area contributed by atoms with Gasteiger partial charge in [0.1, 0.15) is 0 Å². The van der Waals surface area contributed by atoms with Crippen molar-refractivity contribution in [2.75, 3.05) is 34.8 Å². The zero-order chi connectivity index (χ0) is 8.57. The molecule has 0 radical (unpaired) electrons. The topological polar surface area (TPSA) is 61.5 Å². The number of aliphatic hydroxyl groups excluding tert-OH is 1. The first kappa shape index (κ1) is 12.5. The summed E-state index contributed by atoms with van der Waals surface area (Å²) in [5, 5.41) is 11.1. The number of nitrogens with one attached hydrogen (secondary N) is 1. The lowest BCUT2D eigenvalue weighted by atomic mass is 10.5. The van der Waals surface area contributed by atoms with Gasteiger partial charge in [-0.2, -0.15) is 0 Å². The number of likely N-dealkylation sites (N-methyl/N-ethyl adjacent to an activating group) is 1. The highest BCUT2D eigenvalue weighted by atomic mass is 16.3. The number of nitrogens with two attached hydrogens (primary N) is 1. The Bertz CT molecular complexity index is 59.0. The molecule has 0 saturated carbocycles. The van der Waals surface area contributed by atoms with Crippen molar-refractivity contribution in [1.82, 2.24) is 10.2 Å². The first-order valence-corrected chi connectivity index (χ1v) is 3.21. The van der Waals surface area contributed by atoms with Crippen molar-refractivity contribution in [3.05, 3.63) is 0 Å². The molecule has 0 aromatic rings. The van der Waals surface area contributed by atoms with E-state index in [1.165, 1.54) is 0 Å². The lowest BCUT2D eigenvalue weighted by Gasteiger charge is -2.15. The van der Waals surface area contributed by atoms with Gasteiger partial charge in [-0.1, -0.05) is 0 Å². The Morgan fingerprint density at radius 1 is 1.50 bits per heavy atom. The van der Waals surface area contributed by atoms with Crippen molar-refractivity contribution >= 4 is 0 Å². The summed E-state index contributed by atoms with van der Waals surface area (Å²) in [5.41, 5.74) is 5.29. The van der Waals surface area contributed by atoms with Crippen molar-refractivity contribution < 1.29 is 5.11 Å². The van der Waals surface area contributed by atoms with Crippen molar-refractivity contribution in [2.24, 2.45) is 5.73 Å². The fraction of sp³-hybridized carbons (Fsp3) is 1.00. The molecule has 0 aromatic heterocycles. The third-order valence-electron chi connectivity index (χ3n) is 0.850. The Morgan fingerprint density at radius 2 is 1.80 bits per heavy atom. The van der Waals surface area contributed by atoms with Crippen LogP contribution < -0.4 is 11.1 Å². The number of nitrogens with zero attached hydrogens (tertiary/aromatic N) is 1. The largest absolute Gasteiger partial charge is 0.393 e. The van der Waals surface area contributed by atoms with Gasteiger partial charge in [-0.3, -0.25) is 4.90 Å². The molecule has 0 heterocycles. The van der Waals surface area contributed by atoms with E-state index >= 15 is 0 Å². The van der Waals surface area contributed by atoms with Crippen molar-refractivity contribution in [3.8, 4) is 0 Å². The van der Waals surface area contributed by atoms with E-state index in [0.29, 0.717) is 0 Å². The Hall–Kier alpha value is -0.160. The first-order chi connectivity index (χ1) is 4.59. The monoisotopic (exact) mass is 149 g/mol. The van der Waals surface area contributed by atoms with Crippen LogP contribution in [0, 0.1) is 0 Å². The van der Waals surface area contributed by atoms with Crippen LogP contribution >= 0.6 is 0 Å². The van der Waals surface area contributed by atoms with Gasteiger partial charge in [0.05, 0.1) is 12.8 Å². The number of hydrogen-bond acceptors (Lipinski definition) is 4. The predicted octanol–water partition coefficient (Wildman–Crippen LogP) is -1.34. The molecule has 1 atom stereocenters. The summed E-state index contributed by atoms with van der Waals surface area (Å²) in [6.45, 7) is 0.0208. The molecule has 4 heteroatoms. The second kappa shape index (κ2) is 8.84. The maximum absolute atomic E-state index is 8.34. The minimum absolute atomic E-state index is 0.0208. The van der Waals surface area contributed by atoms with E-state index in [1.807, 2.05) is 28.2 Å². The standard InChI is InChI=1S/C4H12N2O.C2H7N/c1-6(2)4(5)3-7;1-3-2/h4,7H,3,5H2,1-2H3;3H,1-2H3. The van der Waals surface area contributed by atoms with Crippen LogP contribution in [0.25, 0.3) is 0 Å². The van der Waals surface area contributed by atoms with Crippen molar-refractivity contribution in [3.63, 3.8) is 0 Å². The molecular weight excluding hydrogens is 130 g/mol. The fourth-order valence-corrected chi connectivity index (χ4v) is 0.163. The van der Waals surface area contributed by atoms with Gasteiger partial charge in [0, 0.05) is 0 Å². The van der Waals surface area contributed by atoms with Crippen LogP contribution in [-0.2, 0) is 0 Å². The van der Waals surface area contributed by atoms with Gasteiger partial charge >= 0.3 is 0 Å². The van der Waals surface area contributed by atoms with E-state index in [9.17, 15) is 0 Å². The molecule has 1 unspecified atom stereocenters. The maximum Gasteiger partial charge on any atom is 0.0805 e. The van der Waals surface area contributed by atoms with E-state index in [0.717, 1.165) is 0 Å². The zero-order valence-electron chi connectivity index (χ0n) is 7.26. The molecule has 64 valence electrons. The Morgan fingerprint density at radius 3 is 1.80 bits per heavy atom. The molecule has 0 spiro atoms. The van der Waals surface area contributed by atoms with Gasteiger partial charge < -0.3 is 16.2 Å². The normalized spacial score (nSPS) is 12.3. The molecule has 0 aliphatic carbocycles. The van der Waals surface area contributed by atoms with Gasteiger partial charge in [0.15, 0.2) is 0 Å². The molecule has 4 N–H and O–H groups in total. The van der Waals surface area contributed by atoms with Crippen LogP contribution in [0.1, 0.15) is 0 Å². The summed E-state index contributed by atoms with van der Waals surface area (Å²) in [7, 11) is 7.39. The third-order valence-corrected chi connectivity index (χ3v) is 0.850. The van der Waals surface area contributed by atoms with Gasteiger partial charge in [-0.25, -0.2) is 0 Å². The van der Waals surface area contributed by atoms with Gasteiger partial charge in [-0.05, 0) is 28.2 Å². The SMILES string of the molecule is CN(C)C(N)CO.CNC. The lowest BCUT2D eigenvalue weighted by molar-refractivity contribution is 0.173. The second-order valence-electron chi connectivity index (χ2n) is 2.21. The van der Waals surface area contributed by atoms with Gasteiger partial charge in [-0.15, -0.1) is 0 Å². The van der Waals surface area contributed by atoms with Gasteiger partial charge in [0.2, 0.25) is 0 Å². The average Bonchev–Trinajstić information content (AvgIpc) is 1.88. The summed E-state index contributed by atoms with van der Waals surface area (Å²) in [4.78, 5) is 1.75. The smallest absolute Gasteiger partial charge is 0.0805 e. The molecule has 0 aliphatic rings. The molecular formula is C6H19N3O. The number of rotatable bonds is 2. The van der Waals surface area contributed by atoms with Crippen LogP contribution in [-0.4, -0.2) is 51.0 Å². The lowest BCUT2D eigenvalue weighted by Crippen LogP contribution is -2.39. The fourth-order valence-electron chi connectivity index (χ4n) is 0.163. The molecule has 0 amide bonds. The van der Waals surface area contributed by atoms with E-state index in [1.54, 1.807) is 4.90 Å². The van der Waals surface area contributed by atoms with E-state index in [-0.39, 0.29) is 12.8 Å². The third kappa shape index (κ3) is 10.8. The molecule has 0 saturated heterocycles. The molecule has 0 aliphatic heterocycles. The molecule has 10 heavy (non-hydrogen) atoms. The Kier molecular flexibility index (Phi) is 11.1. The minimum atomic E-state index is -0.208. The van der Waals surface area contributed by atoms with Crippen molar-refractivity contribution in [1.29, 1.82) is 0 Å². The predicted molar refractivity (Wildman–Crippen MR) is 43.7 cm³/mol. The Labute approximate surface area is 63.0 Å². The maximum atomic E-state index is 8.34. The molecule has 0 bridgehead atoms. The summed E-state index contributed by atoms with van der Waals surface area (Å²) in [6.07, 6.45) is -0.208. The second-order valence-corrected chi connectivity index (χ2v) is 2.21. The van der Waals surface area contributed by atoms with E-state index < -0.39 is 0 Å². The summed E-state index contributed by atoms with van der Waals surface area (Å²) < 4.78 is 0. The molecule has 4 nitrogen and oxygen atoms in total. The quantitative estimate of drug-likeness (QED) is 0.425. The molecule has 0 aromatic carbocycles. The highest BCUT2D eigenvalue weighted by Gasteiger charge is 1.98. The minimum Gasteiger partial charge on any atom is -0.393 e. The number of hydrogen-bond donors (Lipinski definition) is 3. The first-order valence-electron chi connectivity index (χ1n) is 3.21. The van der Waals surface area contributed by atoms with Crippen LogP contribution in [0.4, 0.5) is 0 Å². The Balaban J connectivity index is 0.